The third-order valence-electron chi connectivity index (χ3n) is 5.30. The first-order valence-corrected chi connectivity index (χ1v) is 10.2. The molecular weight excluding hydrogens is 410 g/mol. The van der Waals surface area contributed by atoms with Crippen LogP contribution in [0.5, 0.6) is 11.5 Å². The number of rotatable bonds is 8. The van der Waals surface area contributed by atoms with Crippen molar-refractivity contribution in [3.05, 3.63) is 85.5 Å². The molecule has 1 saturated heterocycles. The van der Waals surface area contributed by atoms with Crippen LogP contribution in [-0.4, -0.2) is 50.7 Å². The molecule has 2 aromatic heterocycles. The summed E-state index contributed by atoms with van der Waals surface area (Å²) in [6, 6.07) is 15.4. The Morgan fingerprint density at radius 1 is 1.03 bits per heavy atom. The molecule has 32 heavy (non-hydrogen) atoms. The molecule has 5 rings (SSSR count). The summed E-state index contributed by atoms with van der Waals surface area (Å²) in [7, 11) is 1.64. The third kappa shape index (κ3) is 4.20. The largest absolute Gasteiger partial charge is 0.497 e. The highest BCUT2D eigenvalue weighted by molar-refractivity contribution is 5.36. The van der Waals surface area contributed by atoms with Crippen LogP contribution in [-0.2, 0) is 21.8 Å². The van der Waals surface area contributed by atoms with Crippen molar-refractivity contribution in [2.45, 2.75) is 18.4 Å². The molecule has 1 aliphatic heterocycles. The molecule has 2 aromatic carbocycles. The summed E-state index contributed by atoms with van der Waals surface area (Å²) < 4.78 is 27.6. The van der Waals surface area contributed by atoms with Crippen LogP contribution in [0, 0.1) is 0 Å². The SMILES string of the molecule is COc1ccc(C2(Cn3ccnc3)OCC(COc3ccc(-n4cncn4)cc3)O2)cc1. The van der Waals surface area contributed by atoms with Crippen molar-refractivity contribution in [3.63, 3.8) is 0 Å². The number of imidazole rings is 1. The Kier molecular flexibility index (Phi) is 5.57. The van der Waals surface area contributed by atoms with E-state index >= 15 is 0 Å². The number of hydrogen-bond donors (Lipinski definition) is 0. The number of benzene rings is 2. The zero-order valence-electron chi connectivity index (χ0n) is 17.6. The maximum Gasteiger partial charge on any atom is 0.214 e. The summed E-state index contributed by atoms with van der Waals surface area (Å²) in [5.74, 6) is 0.588. The van der Waals surface area contributed by atoms with Gasteiger partial charge in [-0.1, -0.05) is 0 Å². The molecule has 0 amide bonds. The van der Waals surface area contributed by atoms with Gasteiger partial charge in [0.15, 0.2) is 0 Å². The lowest BCUT2D eigenvalue weighted by molar-refractivity contribution is -0.189. The first kappa shape index (κ1) is 20.2. The van der Waals surface area contributed by atoms with E-state index in [1.165, 1.54) is 6.33 Å². The van der Waals surface area contributed by atoms with Gasteiger partial charge in [0.1, 0.15) is 36.9 Å². The van der Waals surface area contributed by atoms with Gasteiger partial charge in [-0.15, -0.1) is 0 Å². The van der Waals surface area contributed by atoms with E-state index in [4.69, 9.17) is 18.9 Å². The molecular formula is C23H23N5O4. The highest BCUT2D eigenvalue weighted by atomic mass is 16.8. The number of aromatic nitrogens is 5. The van der Waals surface area contributed by atoms with E-state index in [0.29, 0.717) is 19.8 Å². The van der Waals surface area contributed by atoms with Crippen LogP contribution in [0.25, 0.3) is 5.69 Å². The molecule has 0 radical (unpaired) electrons. The van der Waals surface area contributed by atoms with E-state index in [1.807, 2.05) is 59.3 Å². The van der Waals surface area contributed by atoms with Gasteiger partial charge in [0.25, 0.3) is 0 Å². The maximum atomic E-state index is 6.43. The summed E-state index contributed by atoms with van der Waals surface area (Å²) in [5.41, 5.74) is 1.82. The predicted octanol–water partition coefficient (Wildman–Crippen LogP) is 2.82. The molecule has 164 valence electrons. The summed E-state index contributed by atoms with van der Waals surface area (Å²) in [5, 5.41) is 4.13. The first-order valence-electron chi connectivity index (χ1n) is 10.2. The van der Waals surface area contributed by atoms with Crippen molar-refractivity contribution in [2.75, 3.05) is 20.3 Å². The zero-order valence-corrected chi connectivity index (χ0v) is 17.6. The summed E-state index contributed by atoms with van der Waals surface area (Å²) >= 11 is 0. The predicted molar refractivity (Wildman–Crippen MR) is 115 cm³/mol. The second kappa shape index (κ2) is 8.81. The van der Waals surface area contributed by atoms with E-state index in [1.54, 1.807) is 30.6 Å². The summed E-state index contributed by atoms with van der Waals surface area (Å²) in [6.45, 7) is 1.25. The maximum absolute atomic E-state index is 6.43. The minimum absolute atomic E-state index is 0.226. The summed E-state index contributed by atoms with van der Waals surface area (Å²) in [6.07, 6.45) is 8.30. The minimum atomic E-state index is -0.933. The van der Waals surface area contributed by atoms with Gasteiger partial charge in [0.2, 0.25) is 5.79 Å². The second-order valence-corrected chi connectivity index (χ2v) is 7.41. The number of methoxy groups -OCH3 is 1. The van der Waals surface area contributed by atoms with Crippen LogP contribution in [0.2, 0.25) is 0 Å². The molecule has 1 fully saturated rings. The van der Waals surface area contributed by atoms with Crippen LogP contribution < -0.4 is 9.47 Å². The quantitative estimate of drug-likeness (QED) is 0.422. The molecule has 4 aromatic rings. The van der Waals surface area contributed by atoms with Gasteiger partial charge in [0, 0.05) is 18.0 Å². The van der Waals surface area contributed by atoms with Crippen molar-refractivity contribution in [2.24, 2.45) is 0 Å². The molecule has 1 aliphatic rings. The monoisotopic (exact) mass is 433 g/mol. The Hall–Kier alpha value is -3.69. The van der Waals surface area contributed by atoms with E-state index in [9.17, 15) is 0 Å². The Bertz CT molecular complexity index is 1110. The highest BCUT2D eigenvalue weighted by Crippen LogP contribution is 2.37. The molecule has 3 heterocycles. The molecule has 9 nitrogen and oxygen atoms in total. The Morgan fingerprint density at radius 2 is 1.84 bits per heavy atom. The average Bonchev–Trinajstić information content (AvgIpc) is 3.62. The fourth-order valence-corrected chi connectivity index (χ4v) is 3.66. The smallest absolute Gasteiger partial charge is 0.214 e. The van der Waals surface area contributed by atoms with E-state index in [-0.39, 0.29) is 6.10 Å². The van der Waals surface area contributed by atoms with Crippen molar-refractivity contribution < 1.29 is 18.9 Å². The van der Waals surface area contributed by atoms with Crippen molar-refractivity contribution in [1.29, 1.82) is 0 Å². The number of ether oxygens (including phenoxy) is 4. The van der Waals surface area contributed by atoms with Crippen LogP contribution >= 0.6 is 0 Å². The van der Waals surface area contributed by atoms with Gasteiger partial charge in [-0.05, 0) is 48.5 Å². The molecule has 2 atom stereocenters. The fourth-order valence-electron chi connectivity index (χ4n) is 3.66. The molecule has 0 aliphatic carbocycles. The molecule has 0 bridgehead atoms. The molecule has 9 heteroatoms. The summed E-state index contributed by atoms with van der Waals surface area (Å²) in [4.78, 5) is 8.10. The van der Waals surface area contributed by atoms with E-state index in [0.717, 1.165) is 22.7 Å². The molecule has 0 saturated carbocycles. The van der Waals surface area contributed by atoms with Crippen LogP contribution in [0.3, 0.4) is 0 Å². The van der Waals surface area contributed by atoms with Gasteiger partial charge in [-0.3, -0.25) is 0 Å². The van der Waals surface area contributed by atoms with Gasteiger partial charge < -0.3 is 23.5 Å². The highest BCUT2D eigenvalue weighted by Gasteiger charge is 2.44. The molecule has 2 unspecified atom stereocenters. The topological polar surface area (TPSA) is 85.5 Å². The van der Waals surface area contributed by atoms with Crippen molar-refractivity contribution in [3.8, 4) is 17.2 Å². The normalized spacial score (nSPS) is 20.3. The zero-order chi connectivity index (χ0) is 21.8. The Labute approximate surface area is 185 Å². The fraction of sp³-hybridized carbons (Fsp3) is 0.261. The van der Waals surface area contributed by atoms with Gasteiger partial charge in [-0.2, -0.15) is 5.10 Å². The Balaban J connectivity index is 1.27. The van der Waals surface area contributed by atoms with Crippen molar-refractivity contribution in [1.82, 2.24) is 24.3 Å². The van der Waals surface area contributed by atoms with Gasteiger partial charge in [0.05, 0.1) is 32.3 Å². The van der Waals surface area contributed by atoms with Gasteiger partial charge >= 0.3 is 0 Å². The van der Waals surface area contributed by atoms with E-state index in [2.05, 4.69) is 15.1 Å². The Morgan fingerprint density at radius 3 is 2.53 bits per heavy atom. The minimum Gasteiger partial charge on any atom is -0.497 e. The van der Waals surface area contributed by atoms with Gasteiger partial charge in [-0.25, -0.2) is 14.6 Å². The van der Waals surface area contributed by atoms with Crippen LogP contribution in [0.1, 0.15) is 5.56 Å². The lowest BCUT2D eigenvalue weighted by Gasteiger charge is -2.29. The lowest BCUT2D eigenvalue weighted by Crippen LogP contribution is -2.34. The molecule has 0 spiro atoms. The van der Waals surface area contributed by atoms with Crippen LogP contribution in [0.4, 0.5) is 0 Å². The first-order chi connectivity index (χ1) is 15.7. The average molecular weight is 433 g/mol. The standard InChI is InChI=1S/C23H23N5O4/c1-29-20-6-2-18(3-7-20)23(14-27-11-10-24-16-27)31-13-22(32-23)12-30-21-8-4-19(5-9-21)28-17-25-15-26-28/h2-11,15-17,22H,12-14H2,1H3. The number of hydrogen-bond acceptors (Lipinski definition) is 7. The molecule has 0 N–H and O–H groups in total. The van der Waals surface area contributed by atoms with E-state index < -0.39 is 5.79 Å². The third-order valence-corrected chi connectivity index (χ3v) is 5.30. The van der Waals surface area contributed by atoms with Crippen molar-refractivity contribution >= 4 is 0 Å². The second-order valence-electron chi connectivity index (χ2n) is 7.41. The lowest BCUT2D eigenvalue weighted by atomic mass is 10.1. The van der Waals surface area contributed by atoms with Crippen LogP contribution in [0.15, 0.2) is 79.9 Å². The number of nitrogens with zero attached hydrogens (tertiary/aromatic N) is 5.